The van der Waals surface area contributed by atoms with Gasteiger partial charge in [0.05, 0.1) is 0 Å². The van der Waals surface area contributed by atoms with Crippen LogP contribution in [-0.4, -0.2) is 45.9 Å². The third kappa shape index (κ3) is 3.57. The van der Waals surface area contributed by atoms with Crippen LogP contribution in [0.5, 0.6) is 0 Å². The van der Waals surface area contributed by atoms with Gasteiger partial charge in [-0.25, -0.2) is 4.79 Å². The Bertz CT molecular complexity index is 736. The lowest BCUT2D eigenvalue weighted by molar-refractivity contribution is -0.135. The average Bonchev–Trinajstić information content (AvgIpc) is 2.81. The van der Waals surface area contributed by atoms with E-state index in [2.05, 4.69) is 10.6 Å². The fourth-order valence-corrected chi connectivity index (χ4v) is 3.47. The molecular formula is C17H22N4O4. The Labute approximate surface area is 145 Å². The zero-order valence-electron chi connectivity index (χ0n) is 14.0. The number of imide groups is 1. The largest absolute Gasteiger partial charge is 0.353 e. The first-order valence-electron chi connectivity index (χ1n) is 8.58. The molecule has 4 amide bonds. The highest BCUT2D eigenvalue weighted by molar-refractivity contribution is 6.09. The molecule has 2 N–H and O–H groups in total. The summed E-state index contributed by atoms with van der Waals surface area (Å²) >= 11 is 0. The first kappa shape index (κ1) is 17.2. The second kappa shape index (κ2) is 7.08. The predicted molar refractivity (Wildman–Crippen MR) is 89.8 cm³/mol. The second-order valence-corrected chi connectivity index (χ2v) is 6.55. The molecule has 1 aromatic heterocycles. The Morgan fingerprint density at radius 1 is 1.16 bits per heavy atom. The molecule has 1 aliphatic heterocycles. The van der Waals surface area contributed by atoms with Gasteiger partial charge < -0.3 is 15.2 Å². The molecule has 1 saturated heterocycles. The topological polar surface area (TPSA) is 101 Å². The number of urea groups is 1. The molecular weight excluding hydrogens is 324 g/mol. The normalized spacial score (nSPS) is 19.1. The number of nitrogens with one attached hydrogen (secondary N) is 2. The molecule has 0 radical (unpaired) electrons. The molecule has 1 aliphatic carbocycles. The lowest BCUT2D eigenvalue weighted by Crippen LogP contribution is -2.49. The SMILES string of the molecule is O=C(CN1C(=O)NC2(CCCCC2)C1=O)NCCn1ccccc1=O. The molecule has 2 aliphatic rings. The fraction of sp³-hybridized carbons (Fsp3) is 0.529. The van der Waals surface area contributed by atoms with Gasteiger partial charge in [-0.15, -0.1) is 0 Å². The summed E-state index contributed by atoms with van der Waals surface area (Å²) in [4.78, 5) is 49.3. The molecule has 134 valence electrons. The number of hydrogen-bond donors (Lipinski definition) is 2. The molecule has 0 unspecified atom stereocenters. The minimum absolute atomic E-state index is 0.148. The van der Waals surface area contributed by atoms with Crippen LogP contribution in [0.15, 0.2) is 29.2 Å². The number of carbonyl (C=O) groups excluding carboxylic acids is 3. The number of carbonyl (C=O) groups is 3. The summed E-state index contributed by atoms with van der Waals surface area (Å²) in [7, 11) is 0. The van der Waals surface area contributed by atoms with E-state index in [9.17, 15) is 19.2 Å². The van der Waals surface area contributed by atoms with Gasteiger partial charge >= 0.3 is 6.03 Å². The lowest BCUT2D eigenvalue weighted by Gasteiger charge is -2.30. The van der Waals surface area contributed by atoms with E-state index in [-0.39, 0.29) is 24.6 Å². The van der Waals surface area contributed by atoms with Crippen molar-refractivity contribution in [1.82, 2.24) is 20.1 Å². The zero-order valence-corrected chi connectivity index (χ0v) is 14.0. The fourth-order valence-electron chi connectivity index (χ4n) is 3.47. The summed E-state index contributed by atoms with van der Waals surface area (Å²) in [6.45, 7) is 0.281. The van der Waals surface area contributed by atoms with E-state index in [0.29, 0.717) is 19.4 Å². The molecule has 0 bridgehead atoms. The first-order chi connectivity index (χ1) is 12.0. The van der Waals surface area contributed by atoms with Crippen molar-refractivity contribution in [3.8, 4) is 0 Å². The Kier molecular flexibility index (Phi) is 4.87. The highest BCUT2D eigenvalue weighted by atomic mass is 16.2. The minimum atomic E-state index is -0.813. The van der Waals surface area contributed by atoms with Crippen LogP contribution in [0.3, 0.4) is 0 Å². The third-order valence-electron chi connectivity index (χ3n) is 4.83. The van der Waals surface area contributed by atoms with Crippen molar-refractivity contribution in [2.75, 3.05) is 13.1 Å². The molecule has 25 heavy (non-hydrogen) atoms. The molecule has 2 fully saturated rings. The van der Waals surface area contributed by atoms with Gasteiger partial charge in [0.25, 0.3) is 11.5 Å². The quantitative estimate of drug-likeness (QED) is 0.745. The summed E-state index contributed by atoms with van der Waals surface area (Å²) in [5, 5.41) is 5.42. The van der Waals surface area contributed by atoms with Crippen LogP contribution in [-0.2, 0) is 16.1 Å². The van der Waals surface area contributed by atoms with Gasteiger partial charge in [-0.05, 0) is 18.9 Å². The Morgan fingerprint density at radius 3 is 2.64 bits per heavy atom. The van der Waals surface area contributed by atoms with Crippen LogP contribution in [0.1, 0.15) is 32.1 Å². The Balaban J connectivity index is 1.52. The molecule has 1 aromatic rings. The molecule has 8 heteroatoms. The summed E-state index contributed by atoms with van der Waals surface area (Å²) in [6.07, 6.45) is 5.76. The van der Waals surface area contributed by atoms with Gasteiger partial charge in [-0.1, -0.05) is 25.3 Å². The number of hydrogen-bond acceptors (Lipinski definition) is 4. The molecule has 3 rings (SSSR count). The standard InChI is InChI=1S/C17H22N4O4/c22-13(18-9-11-20-10-5-2-6-14(20)23)12-21-15(24)17(19-16(21)25)7-3-1-4-8-17/h2,5-6,10H,1,3-4,7-9,11-12H2,(H,18,22)(H,19,25). The Morgan fingerprint density at radius 2 is 1.92 bits per heavy atom. The number of aromatic nitrogens is 1. The van der Waals surface area contributed by atoms with Crippen LogP contribution in [0.2, 0.25) is 0 Å². The third-order valence-corrected chi connectivity index (χ3v) is 4.83. The van der Waals surface area contributed by atoms with Gasteiger partial charge in [-0.3, -0.25) is 19.3 Å². The molecule has 1 saturated carbocycles. The summed E-state index contributed by atoms with van der Waals surface area (Å²) in [6, 6.07) is 4.33. The van der Waals surface area contributed by atoms with Crippen molar-refractivity contribution in [3.05, 3.63) is 34.7 Å². The molecule has 0 aromatic carbocycles. The molecule has 1 spiro atoms. The number of nitrogens with zero attached hydrogens (tertiary/aromatic N) is 2. The van der Waals surface area contributed by atoms with E-state index >= 15 is 0 Å². The van der Waals surface area contributed by atoms with Crippen molar-refractivity contribution in [3.63, 3.8) is 0 Å². The van der Waals surface area contributed by atoms with Crippen molar-refractivity contribution in [2.45, 2.75) is 44.2 Å². The van der Waals surface area contributed by atoms with E-state index in [1.54, 1.807) is 18.3 Å². The zero-order chi connectivity index (χ0) is 17.9. The van der Waals surface area contributed by atoms with Crippen molar-refractivity contribution in [1.29, 1.82) is 0 Å². The van der Waals surface area contributed by atoms with E-state index in [4.69, 9.17) is 0 Å². The van der Waals surface area contributed by atoms with E-state index in [1.807, 2.05) is 0 Å². The minimum Gasteiger partial charge on any atom is -0.353 e. The van der Waals surface area contributed by atoms with Crippen molar-refractivity contribution in [2.24, 2.45) is 0 Å². The van der Waals surface area contributed by atoms with E-state index in [1.165, 1.54) is 10.6 Å². The van der Waals surface area contributed by atoms with Gasteiger partial charge in [0.1, 0.15) is 12.1 Å². The Hall–Kier alpha value is -2.64. The van der Waals surface area contributed by atoms with Crippen molar-refractivity contribution < 1.29 is 14.4 Å². The average molecular weight is 346 g/mol. The molecule has 0 atom stereocenters. The van der Waals surface area contributed by atoms with Crippen LogP contribution in [0.4, 0.5) is 4.79 Å². The predicted octanol–water partition coefficient (Wildman–Crippen LogP) is 0.219. The number of pyridine rings is 1. The summed E-state index contributed by atoms with van der Waals surface area (Å²) < 4.78 is 1.48. The first-order valence-corrected chi connectivity index (χ1v) is 8.58. The number of amides is 4. The van der Waals surface area contributed by atoms with Crippen LogP contribution in [0.25, 0.3) is 0 Å². The number of rotatable bonds is 5. The summed E-state index contributed by atoms with van der Waals surface area (Å²) in [5.74, 6) is -0.716. The molecule has 2 heterocycles. The molecule has 8 nitrogen and oxygen atoms in total. The van der Waals surface area contributed by atoms with Crippen molar-refractivity contribution >= 4 is 17.8 Å². The monoisotopic (exact) mass is 346 g/mol. The highest BCUT2D eigenvalue weighted by Gasteiger charge is 2.51. The van der Waals surface area contributed by atoms with Gasteiger partial charge in [0, 0.05) is 25.4 Å². The van der Waals surface area contributed by atoms with E-state index < -0.39 is 17.5 Å². The van der Waals surface area contributed by atoms with Gasteiger partial charge in [0.2, 0.25) is 5.91 Å². The highest BCUT2D eigenvalue weighted by Crippen LogP contribution is 2.33. The smallest absolute Gasteiger partial charge is 0.325 e. The maximum absolute atomic E-state index is 12.6. The lowest BCUT2D eigenvalue weighted by atomic mass is 9.82. The van der Waals surface area contributed by atoms with Gasteiger partial charge in [0.15, 0.2) is 0 Å². The summed E-state index contributed by atoms with van der Waals surface area (Å²) in [5.41, 5.74) is -0.961. The van der Waals surface area contributed by atoms with Crippen LogP contribution >= 0.6 is 0 Å². The maximum Gasteiger partial charge on any atom is 0.325 e. The van der Waals surface area contributed by atoms with Crippen LogP contribution in [0, 0.1) is 0 Å². The van der Waals surface area contributed by atoms with E-state index in [0.717, 1.165) is 24.2 Å². The van der Waals surface area contributed by atoms with Gasteiger partial charge in [-0.2, -0.15) is 0 Å². The van der Waals surface area contributed by atoms with Crippen LogP contribution < -0.4 is 16.2 Å². The second-order valence-electron chi connectivity index (χ2n) is 6.55. The maximum atomic E-state index is 12.6.